The number of carbonyl (C=O) groups is 2. The van der Waals surface area contributed by atoms with Gasteiger partial charge in [0, 0.05) is 19.0 Å². The Bertz CT molecular complexity index is 1060. The van der Waals surface area contributed by atoms with Gasteiger partial charge in [-0.2, -0.15) is 17.5 Å². The molecule has 0 atom stereocenters. The van der Waals surface area contributed by atoms with Crippen molar-refractivity contribution in [1.82, 2.24) is 9.21 Å². The number of amides is 1. The highest BCUT2D eigenvalue weighted by Crippen LogP contribution is 2.28. The van der Waals surface area contributed by atoms with Gasteiger partial charge in [-0.25, -0.2) is 13.2 Å². The van der Waals surface area contributed by atoms with Crippen LogP contribution < -0.4 is 0 Å². The maximum atomic E-state index is 13.0. The molecule has 3 heterocycles. The SMILES string of the molecule is CCOC(=O)c1ccc(S(=O)(=O)N2CCC(C(=O)N(Cc3ccco3)CC(F)(F)F)CC2)o1. The smallest absolute Gasteiger partial charge is 0.406 e. The maximum absolute atomic E-state index is 13.0. The molecule has 9 nitrogen and oxygen atoms in total. The molecule has 1 fully saturated rings. The summed E-state index contributed by atoms with van der Waals surface area (Å²) in [4.78, 5) is 25.2. The Hall–Kier alpha value is -2.80. The van der Waals surface area contributed by atoms with Crippen molar-refractivity contribution in [3.8, 4) is 0 Å². The van der Waals surface area contributed by atoms with E-state index >= 15 is 0 Å². The summed E-state index contributed by atoms with van der Waals surface area (Å²) in [6.07, 6.45) is -3.22. The number of hydrogen-bond acceptors (Lipinski definition) is 7. The van der Waals surface area contributed by atoms with Gasteiger partial charge in [-0.15, -0.1) is 0 Å². The molecule has 0 radical (unpaired) electrons. The Morgan fingerprint density at radius 1 is 1.21 bits per heavy atom. The molecule has 0 unspecified atom stereocenters. The standard InChI is InChI=1S/C20H23F3N2O7S/c1-2-30-19(27)16-5-6-17(32-16)33(28,29)25-9-7-14(8-10-25)18(26)24(13-20(21,22)23)12-15-4-3-11-31-15/h3-6,11,14H,2,7-10,12-13H2,1H3. The van der Waals surface area contributed by atoms with E-state index in [1.807, 2.05) is 0 Å². The predicted molar refractivity (Wildman–Crippen MR) is 106 cm³/mol. The first-order chi connectivity index (χ1) is 15.5. The van der Waals surface area contributed by atoms with Crippen LogP contribution in [-0.4, -0.2) is 61.9 Å². The zero-order valence-corrected chi connectivity index (χ0v) is 18.5. The molecule has 0 N–H and O–H groups in total. The van der Waals surface area contributed by atoms with Crippen molar-refractivity contribution in [2.75, 3.05) is 26.2 Å². The molecular formula is C20H23F3N2O7S. The fourth-order valence-electron chi connectivity index (χ4n) is 3.52. The molecule has 2 aromatic rings. The molecule has 13 heteroatoms. The lowest BCUT2D eigenvalue weighted by Crippen LogP contribution is -2.46. The van der Waals surface area contributed by atoms with E-state index < -0.39 is 45.6 Å². The van der Waals surface area contributed by atoms with E-state index in [1.165, 1.54) is 24.5 Å². The number of hydrogen-bond donors (Lipinski definition) is 0. The van der Waals surface area contributed by atoms with E-state index in [9.17, 15) is 31.2 Å². The van der Waals surface area contributed by atoms with Crippen molar-refractivity contribution in [3.63, 3.8) is 0 Å². The second-order valence-electron chi connectivity index (χ2n) is 7.41. The first kappa shape index (κ1) is 24.8. The number of sulfonamides is 1. The monoisotopic (exact) mass is 492 g/mol. The average molecular weight is 492 g/mol. The molecule has 182 valence electrons. The number of esters is 1. The van der Waals surface area contributed by atoms with Crippen molar-refractivity contribution in [3.05, 3.63) is 42.0 Å². The van der Waals surface area contributed by atoms with Crippen LogP contribution in [0.4, 0.5) is 13.2 Å². The normalized spacial score (nSPS) is 16.0. The van der Waals surface area contributed by atoms with Crippen LogP contribution in [0.15, 0.2) is 44.5 Å². The molecule has 33 heavy (non-hydrogen) atoms. The summed E-state index contributed by atoms with van der Waals surface area (Å²) in [5.74, 6) is -2.35. The van der Waals surface area contributed by atoms with E-state index in [1.54, 1.807) is 6.92 Å². The van der Waals surface area contributed by atoms with E-state index in [4.69, 9.17) is 13.6 Å². The van der Waals surface area contributed by atoms with Gasteiger partial charge in [0.2, 0.25) is 16.8 Å². The summed E-state index contributed by atoms with van der Waals surface area (Å²) < 4.78 is 80.7. The highest BCUT2D eigenvalue weighted by atomic mass is 32.2. The summed E-state index contributed by atoms with van der Waals surface area (Å²) in [6, 6.07) is 5.30. The summed E-state index contributed by atoms with van der Waals surface area (Å²) in [6.45, 7) is -0.270. The van der Waals surface area contributed by atoms with Gasteiger partial charge in [0.1, 0.15) is 12.3 Å². The number of carbonyl (C=O) groups excluding carboxylic acids is 2. The highest BCUT2D eigenvalue weighted by molar-refractivity contribution is 7.89. The second-order valence-corrected chi connectivity index (χ2v) is 9.28. The molecule has 1 aliphatic heterocycles. The van der Waals surface area contributed by atoms with Crippen molar-refractivity contribution >= 4 is 21.9 Å². The zero-order valence-electron chi connectivity index (χ0n) is 17.7. The van der Waals surface area contributed by atoms with Crippen LogP contribution >= 0.6 is 0 Å². The van der Waals surface area contributed by atoms with Gasteiger partial charge in [0.05, 0.1) is 19.4 Å². The van der Waals surface area contributed by atoms with E-state index in [2.05, 4.69) is 0 Å². The molecule has 0 saturated carbocycles. The molecule has 0 aliphatic carbocycles. The van der Waals surface area contributed by atoms with Gasteiger partial charge in [0.25, 0.3) is 10.0 Å². The third kappa shape index (κ3) is 6.16. The van der Waals surface area contributed by atoms with Gasteiger partial charge in [0.15, 0.2) is 0 Å². The van der Waals surface area contributed by atoms with Gasteiger partial charge < -0.3 is 18.5 Å². The molecule has 1 aliphatic rings. The molecule has 1 amide bonds. The minimum Gasteiger partial charge on any atom is -0.467 e. The van der Waals surface area contributed by atoms with Crippen molar-refractivity contribution in [2.24, 2.45) is 5.92 Å². The largest absolute Gasteiger partial charge is 0.467 e. The van der Waals surface area contributed by atoms with Gasteiger partial charge in [-0.3, -0.25) is 4.79 Å². The number of nitrogens with zero attached hydrogens (tertiary/aromatic N) is 2. The highest BCUT2D eigenvalue weighted by Gasteiger charge is 2.39. The number of alkyl halides is 3. The topological polar surface area (TPSA) is 110 Å². The Morgan fingerprint density at radius 3 is 2.48 bits per heavy atom. The average Bonchev–Trinajstić information content (AvgIpc) is 3.44. The lowest BCUT2D eigenvalue weighted by Gasteiger charge is -2.33. The van der Waals surface area contributed by atoms with Crippen LogP contribution in [-0.2, 0) is 26.1 Å². The first-order valence-corrected chi connectivity index (χ1v) is 11.6. The molecule has 0 bridgehead atoms. The van der Waals surface area contributed by atoms with Crippen LogP contribution in [0.5, 0.6) is 0 Å². The lowest BCUT2D eigenvalue weighted by atomic mass is 9.96. The zero-order chi connectivity index (χ0) is 24.2. The molecule has 3 rings (SSSR count). The van der Waals surface area contributed by atoms with E-state index in [0.29, 0.717) is 4.90 Å². The van der Waals surface area contributed by atoms with E-state index in [-0.39, 0.29) is 50.6 Å². The van der Waals surface area contributed by atoms with Crippen molar-refractivity contribution in [1.29, 1.82) is 0 Å². The Kier molecular flexibility index (Phi) is 7.52. The number of piperidine rings is 1. The third-order valence-electron chi connectivity index (χ3n) is 5.06. The number of rotatable bonds is 8. The van der Waals surface area contributed by atoms with Crippen LogP contribution in [0.3, 0.4) is 0 Å². The van der Waals surface area contributed by atoms with Crippen LogP contribution in [0, 0.1) is 5.92 Å². The Morgan fingerprint density at radius 2 is 1.91 bits per heavy atom. The summed E-state index contributed by atoms with van der Waals surface area (Å²) >= 11 is 0. The third-order valence-corrected chi connectivity index (χ3v) is 6.84. The molecule has 0 aromatic carbocycles. The fourth-order valence-corrected chi connectivity index (χ4v) is 4.90. The summed E-state index contributed by atoms with van der Waals surface area (Å²) in [7, 11) is -4.09. The summed E-state index contributed by atoms with van der Waals surface area (Å²) in [5.41, 5.74) is 0. The minimum absolute atomic E-state index is 0.0377. The predicted octanol–water partition coefficient (Wildman–Crippen LogP) is 3.04. The molecule has 1 saturated heterocycles. The fraction of sp³-hybridized carbons (Fsp3) is 0.500. The second kappa shape index (κ2) is 10.00. The number of ether oxygens (including phenoxy) is 1. The quantitative estimate of drug-likeness (QED) is 0.521. The molecular weight excluding hydrogens is 469 g/mol. The van der Waals surface area contributed by atoms with Crippen LogP contribution in [0.2, 0.25) is 0 Å². The van der Waals surface area contributed by atoms with E-state index in [0.717, 1.165) is 10.4 Å². The Balaban J connectivity index is 1.66. The molecule has 2 aromatic heterocycles. The summed E-state index contributed by atoms with van der Waals surface area (Å²) in [5, 5.41) is -0.452. The van der Waals surface area contributed by atoms with Crippen molar-refractivity contribution < 1.29 is 44.7 Å². The molecule has 0 spiro atoms. The van der Waals surface area contributed by atoms with Gasteiger partial charge in [-0.05, 0) is 44.0 Å². The number of furan rings is 2. The lowest BCUT2D eigenvalue weighted by molar-refractivity contribution is -0.166. The van der Waals surface area contributed by atoms with Gasteiger partial charge >= 0.3 is 12.1 Å². The maximum Gasteiger partial charge on any atom is 0.406 e. The minimum atomic E-state index is -4.60. The Labute approximate surface area is 188 Å². The van der Waals surface area contributed by atoms with Crippen LogP contribution in [0.25, 0.3) is 0 Å². The number of halogens is 3. The first-order valence-electron chi connectivity index (χ1n) is 10.2. The van der Waals surface area contributed by atoms with Crippen LogP contribution in [0.1, 0.15) is 36.1 Å². The van der Waals surface area contributed by atoms with Gasteiger partial charge in [-0.1, -0.05) is 0 Å². The van der Waals surface area contributed by atoms with Crippen molar-refractivity contribution in [2.45, 2.75) is 37.6 Å².